The maximum Gasteiger partial charge on any atom is 0.305 e. The summed E-state index contributed by atoms with van der Waals surface area (Å²) in [4.78, 5) is 58.7. The number of imide groups is 1. The third-order valence-corrected chi connectivity index (χ3v) is 12.6. The van der Waals surface area contributed by atoms with Gasteiger partial charge in [0, 0.05) is 32.3 Å². The third kappa shape index (κ3) is 4.66. The van der Waals surface area contributed by atoms with Crippen LogP contribution in [0.1, 0.15) is 22.8 Å². The lowest BCUT2D eigenvalue weighted by Gasteiger charge is -2.43. The van der Waals surface area contributed by atoms with Crippen LogP contribution in [-0.2, 0) is 14.4 Å². The van der Waals surface area contributed by atoms with Gasteiger partial charge >= 0.3 is 4.87 Å². The Morgan fingerprint density at radius 1 is 0.978 bits per heavy atom. The third-order valence-electron chi connectivity index (χ3n) is 9.80. The number of anilines is 2. The lowest BCUT2D eigenvalue weighted by molar-refractivity contribution is -0.123. The first kappa shape index (κ1) is 29.3. The zero-order valence-electron chi connectivity index (χ0n) is 24.5. The predicted molar refractivity (Wildman–Crippen MR) is 176 cm³/mol. The number of thioether (sulfide) groups is 1. The molecule has 9 nitrogen and oxygen atoms in total. The van der Waals surface area contributed by atoms with Crippen molar-refractivity contribution in [3.05, 3.63) is 97.9 Å². The summed E-state index contributed by atoms with van der Waals surface area (Å²) in [6.45, 7) is -0.216. The van der Waals surface area contributed by atoms with E-state index in [-0.39, 0.29) is 58.1 Å². The van der Waals surface area contributed by atoms with Gasteiger partial charge in [0.2, 0.25) is 11.8 Å². The van der Waals surface area contributed by atoms with Gasteiger partial charge in [-0.2, -0.15) is 0 Å². The Labute approximate surface area is 277 Å². The molecule has 3 fully saturated rings. The van der Waals surface area contributed by atoms with Crippen LogP contribution in [0.15, 0.2) is 82.6 Å². The molecule has 4 aliphatic rings. The standard InChI is InChI=1S/C34H28ClN3O6S2/c1-43-19-12-10-18(11-13-19)38-32(40)27-21-14-22(28(27)33(38)41)29-26(21)25(30-31(45-29)37-34(42)46-30)20-4-2-3-5-23(20)44-15-24(39)36-17-8-6-16(35)7-9-17/h2-13,21-22,25-29H,14-15H2,1H3,(H,36,39)(H,37,42)/t21?,22?,25-,26?,27?,28?,29?/m1/s1. The van der Waals surface area contributed by atoms with Crippen LogP contribution in [0.2, 0.25) is 5.02 Å². The van der Waals surface area contributed by atoms with E-state index in [0.29, 0.717) is 27.9 Å². The first-order valence-electron chi connectivity index (χ1n) is 15.0. The van der Waals surface area contributed by atoms with Crippen LogP contribution in [0.5, 0.6) is 11.5 Å². The van der Waals surface area contributed by atoms with Crippen LogP contribution < -0.4 is 24.6 Å². The Bertz CT molecular complexity index is 1930. The maximum atomic E-state index is 14.1. The van der Waals surface area contributed by atoms with E-state index >= 15 is 0 Å². The topological polar surface area (TPSA) is 118 Å². The molecular weight excluding hydrogens is 646 g/mol. The van der Waals surface area contributed by atoms with E-state index in [0.717, 1.165) is 21.9 Å². The summed E-state index contributed by atoms with van der Waals surface area (Å²) in [5.74, 6) is -0.576. The molecule has 6 unspecified atom stereocenters. The van der Waals surface area contributed by atoms with Gasteiger partial charge < -0.3 is 19.8 Å². The fourth-order valence-corrected chi connectivity index (χ4v) is 11.1. The number of rotatable bonds is 7. The zero-order valence-corrected chi connectivity index (χ0v) is 26.9. The Kier molecular flexibility index (Phi) is 7.23. The summed E-state index contributed by atoms with van der Waals surface area (Å²) in [5, 5.41) is 4.24. The number of aromatic nitrogens is 1. The van der Waals surface area contributed by atoms with Crippen LogP contribution in [0, 0.1) is 29.6 Å². The van der Waals surface area contributed by atoms with E-state index in [1.54, 1.807) is 67.4 Å². The Hall–Kier alpha value is -4.06. The number of thiazole rings is 1. The highest BCUT2D eigenvalue weighted by atomic mass is 35.5. The van der Waals surface area contributed by atoms with Crippen LogP contribution in [0.4, 0.5) is 11.4 Å². The van der Waals surface area contributed by atoms with E-state index in [2.05, 4.69) is 10.3 Å². The van der Waals surface area contributed by atoms with Crippen molar-refractivity contribution >= 4 is 63.8 Å². The molecule has 4 aromatic rings. The lowest BCUT2D eigenvalue weighted by atomic mass is 9.68. The molecule has 3 aromatic carbocycles. The number of H-pyrrole nitrogens is 1. The number of nitrogens with one attached hydrogen (secondary N) is 2. The number of methoxy groups -OCH3 is 1. The average molecular weight is 674 g/mol. The van der Waals surface area contributed by atoms with Gasteiger partial charge in [0.25, 0.3) is 5.91 Å². The number of carbonyl (C=O) groups excluding carboxylic acids is 3. The molecule has 2 saturated carbocycles. The molecule has 2 bridgehead atoms. The molecule has 8 rings (SSSR count). The van der Waals surface area contributed by atoms with Crippen molar-refractivity contribution < 1.29 is 23.9 Å². The number of aromatic amines is 1. The van der Waals surface area contributed by atoms with Gasteiger partial charge in [-0.05, 0) is 78.8 Å². The van der Waals surface area contributed by atoms with Crippen molar-refractivity contribution in [2.24, 2.45) is 29.6 Å². The molecule has 1 aromatic heterocycles. The van der Waals surface area contributed by atoms with E-state index in [9.17, 15) is 19.2 Å². The molecule has 12 heteroatoms. The van der Waals surface area contributed by atoms with Gasteiger partial charge in [-0.25, -0.2) is 0 Å². The summed E-state index contributed by atoms with van der Waals surface area (Å²) in [5.41, 5.74) is 2.02. The van der Waals surface area contributed by atoms with Gasteiger partial charge in [0.15, 0.2) is 6.61 Å². The molecule has 3 amide bonds. The largest absolute Gasteiger partial charge is 0.497 e. The molecule has 7 atom stereocenters. The minimum Gasteiger partial charge on any atom is -0.497 e. The quantitative estimate of drug-likeness (QED) is 0.238. The monoisotopic (exact) mass is 673 g/mol. The normalized spacial score (nSPS) is 27.3. The lowest BCUT2D eigenvalue weighted by Crippen LogP contribution is -2.42. The molecule has 0 spiro atoms. The van der Waals surface area contributed by atoms with Gasteiger partial charge in [-0.1, -0.05) is 41.1 Å². The SMILES string of the molecule is COc1ccc(N2C(=O)C3C4CC(C3C2=O)C2C4Sc3[nH]c(=O)sc3[C@@H]2c2ccccc2OCC(=O)Nc2ccc(Cl)cc2)cc1. The van der Waals surface area contributed by atoms with Crippen molar-refractivity contribution in [3.63, 3.8) is 0 Å². The van der Waals surface area contributed by atoms with Crippen molar-refractivity contribution in [1.29, 1.82) is 0 Å². The van der Waals surface area contributed by atoms with Crippen molar-refractivity contribution in [3.8, 4) is 11.5 Å². The number of amides is 3. The number of para-hydroxylation sites is 1. The summed E-state index contributed by atoms with van der Waals surface area (Å²) in [7, 11) is 1.57. The first-order valence-corrected chi connectivity index (χ1v) is 17.1. The van der Waals surface area contributed by atoms with Gasteiger partial charge in [0.05, 0.1) is 29.7 Å². The van der Waals surface area contributed by atoms with Crippen molar-refractivity contribution in [1.82, 2.24) is 4.98 Å². The number of carbonyl (C=O) groups is 3. The molecule has 2 N–H and O–H groups in total. The second-order valence-electron chi connectivity index (χ2n) is 12.1. The number of hydrogen-bond donors (Lipinski definition) is 2. The molecule has 46 heavy (non-hydrogen) atoms. The highest BCUT2D eigenvalue weighted by Gasteiger charge is 2.69. The predicted octanol–water partition coefficient (Wildman–Crippen LogP) is 5.79. The Morgan fingerprint density at radius 3 is 2.43 bits per heavy atom. The molecule has 3 heterocycles. The fourth-order valence-electron chi connectivity index (χ4n) is 8.09. The smallest absolute Gasteiger partial charge is 0.305 e. The zero-order chi connectivity index (χ0) is 31.7. The summed E-state index contributed by atoms with van der Waals surface area (Å²) < 4.78 is 11.4. The number of halogens is 1. The summed E-state index contributed by atoms with van der Waals surface area (Å²) in [6.07, 6.45) is 0.772. The highest BCUT2D eigenvalue weighted by Crippen LogP contribution is 2.69. The molecule has 2 aliphatic heterocycles. The minimum atomic E-state index is -0.431. The van der Waals surface area contributed by atoms with Gasteiger partial charge in [-0.15, -0.1) is 11.8 Å². The number of nitrogens with zero attached hydrogens (tertiary/aromatic N) is 1. The molecule has 1 saturated heterocycles. The number of fused-ring (bicyclic) bond motifs is 9. The second kappa shape index (κ2) is 11.3. The molecule has 2 aliphatic carbocycles. The minimum absolute atomic E-state index is 0.00425. The first-order chi connectivity index (χ1) is 22.3. The Balaban J connectivity index is 1.11. The van der Waals surface area contributed by atoms with E-state index in [1.807, 2.05) is 24.3 Å². The van der Waals surface area contributed by atoms with Crippen LogP contribution in [-0.4, -0.2) is 41.7 Å². The highest BCUT2D eigenvalue weighted by molar-refractivity contribution is 8.00. The Morgan fingerprint density at radius 2 is 1.70 bits per heavy atom. The van der Waals surface area contributed by atoms with Crippen molar-refractivity contribution in [2.45, 2.75) is 22.6 Å². The van der Waals surface area contributed by atoms with Crippen LogP contribution in [0.3, 0.4) is 0 Å². The van der Waals surface area contributed by atoms with Crippen LogP contribution >= 0.6 is 34.7 Å². The molecule has 0 radical (unpaired) electrons. The van der Waals surface area contributed by atoms with Crippen LogP contribution in [0.25, 0.3) is 0 Å². The molecule has 234 valence electrons. The average Bonchev–Trinajstić information content (AvgIpc) is 3.80. The fraction of sp³-hybridized carbons (Fsp3) is 0.294. The second-order valence-corrected chi connectivity index (χ2v) is 14.7. The molecular formula is C34H28ClN3O6S2. The van der Waals surface area contributed by atoms with Gasteiger partial charge in [0.1, 0.15) is 11.5 Å². The number of benzene rings is 3. The number of ether oxygens (including phenoxy) is 2. The van der Waals surface area contributed by atoms with E-state index in [4.69, 9.17) is 21.1 Å². The van der Waals surface area contributed by atoms with Crippen molar-refractivity contribution in [2.75, 3.05) is 23.9 Å². The van der Waals surface area contributed by atoms with Gasteiger partial charge in [-0.3, -0.25) is 24.1 Å². The van der Waals surface area contributed by atoms with E-state index in [1.165, 1.54) is 16.2 Å². The summed E-state index contributed by atoms with van der Waals surface area (Å²) >= 11 is 8.78. The summed E-state index contributed by atoms with van der Waals surface area (Å²) in [6, 6.07) is 21.4. The maximum absolute atomic E-state index is 14.1. The van der Waals surface area contributed by atoms with E-state index < -0.39 is 11.8 Å². The number of hydrogen-bond acceptors (Lipinski definition) is 8.